The summed E-state index contributed by atoms with van der Waals surface area (Å²) in [6, 6.07) is 24.2. The second kappa shape index (κ2) is 6.83. The third-order valence-corrected chi connectivity index (χ3v) is 4.67. The predicted molar refractivity (Wildman–Crippen MR) is 105 cm³/mol. The summed E-state index contributed by atoms with van der Waals surface area (Å²) in [6.07, 6.45) is 1.71. The zero-order chi connectivity index (χ0) is 17.1. The molecule has 1 heterocycles. The van der Waals surface area contributed by atoms with Crippen LogP contribution in [0.4, 0.5) is 5.69 Å². The highest BCUT2D eigenvalue weighted by Crippen LogP contribution is 2.26. The van der Waals surface area contributed by atoms with Crippen molar-refractivity contribution in [2.24, 2.45) is 0 Å². The first-order valence-electron chi connectivity index (χ1n) is 7.90. The first-order valence-corrected chi connectivity index (χ1v) is 8.72. The molecular weight excluding hydrogens is 328 g/mol. The minimum absolute atomic E-state index is 0.400. The van der Waals surface area contributed by atoms with Gasteiger partial charge in [-0.05, 0) is 47.5 Å². The molecule has 1 aromatic heterocycles. The van der Waals surface area contributed by atoms with Crippen LogP contribution in [0.25, 0.3) is 22.2 Å². The largest absolute Gasteiger partial charge is 0.345 e. The number of fused-ring (bicyclic) bond motifs is 1. The van der Waals surface area contributed by atoms with Crippen LogP contribution in [0.5, 0.6) is 0 Å². The van der Waals surface area contributed by atoms with Gasteiger partial charge in [0.05, 0.1) is 17.4 Å². The number of nitrogens with one attached hydrogen (secondary N) is 3. The van der Waals surface area contributed by atoms with Gasteiger partial charge in [0.2, 0.25) is 0 Å². The molecule has 0 aliphatic heterocycles. The van der Waals surface area contributed by atoms with Gasteiger partial charge in [0.25, 0.3) is 0 Å². The number of benzene rings is 3. The van der Waals surface area contributed by atoms with Gasteiger partial charge < -0.3 is 10.3 Å². The minimum atomic E-state index is 0.400. The van der Waals surface area contributed by atoms with E-state index >= 15 is 0 Å². The predicted octanol–water partition coefficient (Wildman–Crippen LogP) is 5.37. The lowest BCUT2D eigenvalue weighted by atomic mass is 10.1. The summed E-state index contributed by atoms with van der Waals surface area (Å²) in [6.45, 7) is 0. The van der Waals surface area contributed by atoms with Gasteiger partial charge in [0, 0.05) is 10.6 Å². The van der Waals surface area contributed by atoms with E-state index in [2.05, 4.69) is 39.6 Å². The van der Waals surface area contributed by atoms with Crippen molar-refractivity contribution in [3.63, 3.8) is 0 Å². The summed E-state index contributed by atoms with van der Waals surface area (Å²) in [5, 5.41) is 11.6. The first kappa shape index (κ1) is 15.5. The number of hydrogen-bond acceptors (Lipinski definition) is 3. The number of hydrogen-bond donors (Lipinski definition) is 3. The molecular formula is C20H16N4S. The Morgan fingerprint density at radius 2 is 1.68 bits per heavy atom. The van der Waals surface area contributed by atoms with Crippen molar-refractivity contribution in [1.82, 2.24) is 9.97 Å². The molecule has 0 unspecified atom stereocenters. The first-order chi connectivity index (χ1) is 12.3. The highest BCUT2D eigenvalue weighted by Gasteiger charge is 2.04. The smallest absolute Gasteiger partial charge is 0.163 e. The Kier molecular flexibility index (Phi) is 4.23. The molecule has 3 aromatic carbocycles. The third kappa shape index (κ3) is 3.56. The maximum absolute atomic E-state index is 8.09. The highest BCUT2D eigenvalue weighted by molar-refractivity contribution is 8.14. The van der Waals surface area contributed by atoms with E-state index in [1.165, 1.54) is 11.8 Å². The number of anilines is 1. The van der Waals surface area contributed by atoms with Crippen molar-refractivity contribution in [1.29, 1.82) is 5.41 Å². The van der Waals surface area contributed by atoms with E-state index in [4.69, 9.17) is 5.41 Å². The number of amidine groups is 1. The minimum Gasteiger partial charge on any atom is -0.345 e. The molecule has 0 saturated carbocycles. The zero-order valence-electron chi connectivity index (χ0n) is 13.4. The van der Waals surface area contributed by atoms with Gasteiger partial charge >= 0.3 is 0 Å². The second-order valence-electron chi connectivity index (χ2n) is 5.58. The van der Waals surface area contributed by atoms with Crippen LogP contribution in [-0.4, -0.2) is 15.1 Å². The fraction of sp³-hybridized carbons (Fsp3) is 0. The molecule has 0 fully saturated rings. The lowest BCUT2D eigenvalue weighted by molar-refractivity contribution is 1.34. The molecule has 5 heteroatoms. The SMILES string of the molecule is N=C(Nc1ccccc1)Sc1ccc(-c2ccc3[nH]cnc3c2)cc1. The Balaban J connectivity index is 1.47. The molecule has 3 N–H and O–H groups in total. The number of H-pyrrole nitrogens is 1. The van der Waals surface area contributed by atoms with E-state index < -0.39 is 0 Å². The Hall–Kier alpha value is -3.05. The molecule has 0 spiro atoms. The lowest BCUT2D eigenvalue weighted by Crippen LogP contribution is -2.05. The number of aromatic amines is 1. The van der Waals surface area contributed by atoms with Crippen LogP contribution in [-0.2, 0) is 0 Å². The summed E-state index contributed by atoms with van der Waals surface area (Å²) in [4.78, 5) is 8.44. The molecule has 122 valence electrons. The molecule has 4 rings (SSSR count). The number of imidazole rings is 1. The Bertz CT molecular complexity index is 1010. The fourth-order valence-electron chi connectivity index (χ4n) is 2.62. The molecule has 0 amide bonds. The maximum Gasteiger partial charge on any atom is 0.163 e. The van der Waals surface area contributed by atoms with Crippen molar-refractivity contribution in [2.45, 2.75) is 4.90 Å². The number of nitrogens with zero attached hydrogens (tertiary/aromatic N) is 1. The molecule has 0 bridgehead atoms. The van der Waals surface area contributed by atoms with Crippen LogP contribution in [0, 0.1) is 5.41 Å². The van der Waals surface area contributed by atoms with Crippen molar-refractivity contribution >= 4 is 33.7 Å². The van der Waals surface area contributed by atoms with Crippen molar-refractivity contribution in [3.8, 4) is 11.1 Å². The van der Waals surface area contributed by atoms with Crippen LogP contribution < -0.4 is 5.32 Å². The molecule has 0 aliphatic carbocycles. The van der Waals surface area contributed by atoms with Crippen LogP contribution in [0.2, 0.25) is 0 Å². The van der Waals surface area contributed by atoms with E-state index in [0.717, 1.165) is 32.7 Å². The third-order valence-electron chi connectivity index (χ3n) is 3.86. The quantitative estimate of drug-likeness (QED) is 0.266. The number of thioether (sulfide) groups is 1. The Labute approximate surface area is 149 Å². The van der Waals surface area contributed by atoms with Gasteiger partial charge in [-0.1, -0.05) is 48.2 Å². The van der Waals surface area contributed by atoms with Crippen LogP contribution in [0.15, 0.2) is 84.0 Å². The van der Waals surface area contributed by atoms with E-state index in [1.807, 2.05) is 48.5 Å². The van der Waals surface area contributed by atoms with E-state index in [9.17, 15) is 0 Å². The summed E-state index contributed by atoms with van der Waals surface area (Å²) in [5.74, 6) is 0. The topological polar surface area (TPSA) is 64.6 Å². The molecule has 0 aliphatic rings. The van der Waals surface area contributed by atoms with Gasteiger partial charge in [-0.2, -0.15) is 0 Å². The van der Waals surface area contributed by atoms with E-state index in [1.54, 1.807) is 6.33 Å². The Morgan fingerprint density at radius 3 is 2.48 bits per heavy atom. The summed E-state index contributed by atoms with van der Waals surface area (Å²) >= 11 is 1.40. The average molecular weight is 344 g/mol. The molecule has 0 radical (unpaired) electrons. The molecule has 0 atom stereocenters. The normalized spacial score (nSPS) is 10.7. The molecule has 4 aromatic rings. The maximum atomic E-state index is 8.09. The molecule has 0 saturated heterocycles. The number of rotatable bonds is 3. The highest BCUT2D eigenvalue weighted by atomic mass is 32.2. The van der Waals surface area contributed by atoms with Gasteiger partial charge in [0.1, 0.15) is 0 Å². The van der Waals surface area contributed by atoms with Crippen molar-refractivity contribution in [3.05, 3.63) is 79.1 Å². The van der Waals surface area contributed by atoms with E-state index in [0.29, 0.717) is 5.17 Å². The van der Waals surface area contributed by atoms with E-state index in [-0.39, 0.29) is 0 Å². The summed E-state index contributed by atoms with van der Waals surface area (Å²) < 4.78 is 0. The molecule has 25 heavy (non-hydrogen) atoms. The Morgan fingerprint density at radius 1 is 0.920 bits per heavy atom. The van der Waals surface area contributed by atoms with Gasteiger partial charge in [-0.3, -0.25) is 5.41 Å². The monoisotopic (exact) mass is 344 g/mol. The summed E-state index contributed by atoms with van der Waals surface area (Å²) in [7, 11) is 0. The van der Waals surface area contributed by atoms with Crippen molar-refractivity contribution in [2.75, 3.05) is 5.32 Å². The van der Waals surface area contributed by atoms with Gasteiger partial charge in [-0.25, -0.2) is 4.98 Å². The average Bonchev–Trinajstić information content (AvgIpc) is 3.11. The van der Waals surface area contributed by atoms with Gasteiger partial charge in [0.15, 0.2) is 5.17 Å². The lowest BCUT2D eigenvalue weighted by Gasteiger charge is -2.08. The standard InChI is InChI=1S/C20H16N4S/c21-20(24-16-4-2-1-3-5-16)25-17-9-6-14(7-10-17)15-8-11-18-19(12-15)23-13-22-18/h1-13H,(H2,21,24)(H,22,23). The number of aromatic nitrogens is 2. The number of para-hydroxylation sites is 1. The summed E-state index contributed by atoms with van der Waals surface area (Å²) in [5.41, 5.74) is 5.19. The molecule has 4 nitrogen and oxygen atoms in total. The van der Waals surface area contributed by atoms with Gasteiger partial charge in [-0.15, -0.1) is 0 Å². The van der Waals surface area contributed by atoms with Crippen LogP contribution >= 0.6 is 11.8 Å². The zero-order valence-corrected chi connectivity index (χ0v) is 14.2. The second-order valence-corrected chi connectivity index (χ2v) is 6.66. The van der Waals surface area contributed by atoms with Crippen LogP contribution in [0.1, 0.15) is 0 Å². The van der Waals surface area contributed by atoms with Crippen molar-refractivity contribution < 1.29 is 0 Å². The fourth-order valence-corrected chi connectivity index (χ4v) is 3.30. The van der Waals surface area contributed by atoms with Crippen LogP contribution in [0.3, 0.4) is 0 Å².